The standard InChI is InChI=1S/C24H31FN6O2S/c1-3-4-5-23(30-16-14-29(15-17-30)21-10-8-20(25)9-11-21)24-26-27-28-31(24)18-34(32,33)22-12-6-19(2)7-13-22/h6-13,23H,3-5,14-18H2,1-2H3/t23-/m1/s1. The molecule has 0 N–H and O–H groups in total. The van der Waals surface area contributed by atoms with Gasteiger partial charge in [-0.15, -0.1) is 5.10 Å². The molecule has 1 aliphatic rings. The van der Waals surface area contributed by atoms with Gasteiger partial charge in [0.1, 0.15) is 5.82 Å². The minimum atomic E-state index is -3.59. The molecule has 0 amide bonds. The van der Waals surface area contributed by atoms with Gasteiger partial charge < -0.3 is 4.90 Å². The Hall–Kier alpha value is -2.85. The van der Waals surface area contributed by atoms with E-state index in [2.05, 4.69) is 32.2 Å². The molecule has 0 aliphatic carbocycles. The van der Waals surface area contributed by atoms with Crippen molar-refractivity contribution in [3.63, 3.8) is 0 Å². The average molecular weight is 487 g/mol. The average Bonchev–Trinajstić information content (AvgIpc) is 3.27. The minimum absolute atomic E-state index is 0.0708. The summed E-state index contributed by atoms with van der Waals surface area (Å²) in [5.41, 5.74) is 2.00. The molecule has 0 unspecified atom stereocenters. The van der Waals surface area contributed by atoms with Gasteiger partial charge in [0.25, 0.3) is 0 Å². The van der Waals surface area contributed by atoms with Gasteiger partial charge in [-0.3, -0.25) is 4.90 Å². The Bertz CT molecular complexity index is 1170. The van der Waals surface area contributed by atoms with Crippen LogP contribution in [0.3, 0.4) is 0 Å². The molecule has 34 heavy (non-hydrogen) atoms. The fourth-order valence-corrected chi connectivity index (χ4v) is 5.55. The summed E-state index contributed by atoms with van der Waals surface area (Å²) in [4.78, 5) is 4.83. The SMILES string of the molecule is CCCC[C@H](c1nnnn1CS(=O)(=O)c1ccc(C)cc1)N1CCN(c2ccc(F)cc2)CC1. The molecule has 2 heterocycles. The monoisotopic (exact) mass is 486 g/mol. The predicted octanol–water partition coefficient (Wildman–Crippen LogP) is 3.61. The van der Waals surface area contributed by atoms with Crippen LogP contribution in [0, 0.1) is 12.7 Å². The molecule has 0 radical (unpaired) electrons. The molecule has 4 rings (SSSR count). The molecule has 1 atom stereocenters. The van der Waals surface area contributed by atoms with Crippen molar-refractivity contribution >= 4 is 15.5 Å². The van der Waals surface area contributed by atoms with Crippen molar-refractivity contribution in [1.29, 1.82) is 0 Å². The Morgan fingerprint density at radius 3 is 2.32 bits per heavy atom. The largest absolute Gasteiger partial charge is 0.369 e. The van der Waals surface area contributed by atoms with Gasteiger partial charge in [0.2, 0.25) is 0 Å². The number of anilines is 1. The van der Waals surface area contributed by atoms with E-state index in [0.29, 0.717) is 5.82 Å². The van der Waals surface area contributed by atoms with E-state index in [1.54, 1.807) is 36.4 Å². The maximum absolute atomic E-state index is 13.3. The Morgan fingerprint density at radius 1 is 1.00 bits per heavy atom. The number of halogens is 1. The maximum Gasteiger partial charge on any atom is 0.198 e. The van der Waals surface area contributed by atoms with Gasteiger partial charge in [-0.2, -0.15) is 0 Å². The molecule has 0 bridgehead atoms. The summed E-state index contributed by atoms with van der Waals surface area (Å²) in [7, 11) is -3.59. The van der Waals surface area contributed by atoms with Crippen LogP contribution in [0.4, 0.5) is 10.1 Å². The fourth-order valence-electron chi connectivity index (χ4n) is 4.34. The normalized spacial score (nSPS) is 16.0. The maximum atomic E-state index is 13.3. The third kappa shape index (κ3) is 5.61. The Labute approximate surface area is 200 Å². The molecule has 1 saturated heterocycles. The van der Waals surface area contributed by atoms with Crippen molar-refractivity contribution < 1.29 is 12.8 Å². The molecule has 182 valence electrons. The smallest absolute Gasteiger partial charge is 0.198 e. The number of hydrogen-bond acceptors (Lipinski definition) is 7. The van der Waals surface area contributed by atoms with Crippen LogP contribution in [0.1, 0.15) is 43.6 Å². The molecular formula is C24H31FN6O2S. The van der Waals surface area contributed by atoms with Gasteiger partial charge in [0.15, 0.2) is 21.5 Å². The first-order valence-corrected chi connectivity index (χ1v) is 13.3. The van der Waals surface area contributed by atoms with Crippen molar-refractivity contribution in [3.05, 3.63) is 65.7 Å². The summed E-state index contributed by atoms with van der Waals surface area (Å²) in [6.45, 7) is 7.19. The van der Waals surface area contributed by atoms with Gasteiger partial charge in [-0.05, 0) is 60.2 Å². The summed E-state index contributed by atoms with van der Waals surface area (Å²) in [6, 6.07) is 13.3. The van der Waals surface area contributed by atoms with E-state index in [4.69, 9.17) is 0 Å². The van der Waals surface area contributed by atoms with Crippen molar-refractivity contribution in [1.82, 2.24) is 25.1 Å². The van der Waals surface area contributed by atoms with Crippen molar-refractivity contribution in [2.45, 2.75) is 49.9 Å². The number of hydrogen-bond donors (Lipinski definition) is 0. The number of tetrazole rings is 1. The van der Waals surface area contributed by atoms with Gasteiger partial charge in [-0.25, -0.2) is 17.5 Å². The van der Waals surface area contributed by atoms with Crippen molar-refractivity contribution in [3.8, 4) is 0 Å². The zero-order valence-electron chi connectivity index (χ0n) is 19.6. The molecule has 1 aliphatic heterocycles. The first-order chi connectivity index (χ1) is 16.4. The molecule has 0 saturated carbocycles. The van der Waals surface area contributed by atoms with Crippen molar-refractivity contribution in [2.24, 2.45) is 0 Å². The van der Waals surface area contributed by atoms with E-state index in [1.165, 1.54) is 16.8 Å². The van der Waals surface area contributed by atoms with Gasteiger partial charge in [0, 0.05) is 31.9 Å². The number of nitrogens with zero attached hydrogens (tertiary/aromatic N) is 6. The van der Waals surface area contributed by atoms with Crippen LogP contribution in [0.5, 0.6) is 0 Å². The van der Waals surface area contributed by atoms with Gasteiger partial charge in [0.05, 0.1) is 10.9 Å². The topological polar surface area (TPSA) is 84.2 Å². The number of piperazine rings is 1. The van der Waals surface area contributed by atoms with Gasteiger partial charge >= 0.3 is 0 Å². The Balaban J connectivity index is 1.51. The van der Waals surface area contributed by atoms with Crippen LogP contribution < -0.4 is 4.90 Å². The highest BCUT2D eigenvalue weighted by Gasteiger charge is 2.30. The lowest BCUT2D eigenvalue weighted by Gasteiger charge is -2.39. The van der Waals surface area contributed by atoms with E-state index in [9.17, 15) is 12.8 Å². The first-order valence-electron chi connectivity index (χ1n) is 11.7. The summed E-state index contributed by atoms with van der Waals surface area (Å²) in [5.74, 6) is 0.0464. The summed E-state index contributed by atoms with van der Waals surface area (Å²) >= 11 is 0. The number of benzene rings is 2. The second-order valence-electron chi connectivity index (χ2n) is 8.75. The number of sulfone groups is 1. The first kappa shape index (κ1) is 24.3. The molecule has 1 fully saturated rings. The molecule has 8 nitrogen and oxygen atoms in total. The highest BCUT2D eigenvalue weighted by atomic mass is 32.2. The molecule has 3 aromatic rings. The van der Waals surface area contributed by atoms with E-state index in [0.717, 1.165) is 56.7 Å². The van der Waals surface area contributed by atoms with Crippen molar-refractivity contribution in [2.75, 3.05) is 31.1 Å². The van der Waals surface area contributed by atoms with E-state index in [1.807, 2.05) is 6.92 Å². The molecular weight excluding hydrogens is 455 g/mol. The lowest BCUT2D eigenvalue weighted by molar-refractivity contribution is 0.163. The summed E-state index contributed by atoms with van der Waals surface area (Å²) < 4.78 is 40.8. The summed E-state index contributed by atoms with van der Waals surface area (Å²) in [6.07, 6.45) is 2.85. The number of aryl methyl sites for hydroxylation is 1. The number of unbranched alkanes of at least 4 members (excludes halogenated alkanes) is 1. The van der Waals surface area contributed by atoms with E-state index >= 15 is 0 Å². The van der Waals surface area contributed by atoms with Crippen LogP contribution in [-0.4, -0.2) is 59.7 Å². The quantitative estimate of drug-likeness (QED) is 0.457. The Kier molecular flexibility index (Phi) is 7.57. The third-order valence-corrected chi connectivity index (χ3v) is 7.88. The zero-order valence-corrected chi connectivity index (χ0v) is 20.5. The highest BCUT2D eigenvalue weighted by molar-refractivity contribution is 7.90. The second kappa shape index (κ2) is 10.6. The van der Waals surface area contributed by atoms with Crippen LogP contribution in [0.2, 0.25) is 0 Å². The third-order valence-electron chi connectivity index (χ3n) is 6.31. The van der Waals surface area contributed by atoms with Crippen LogP contribution >= 0.6 is 0 Å². The number of aromatic nitrogens is 4. The molecule has 1 aromatic heterocycles. The highest BCUT2D eigenvalue weighted by Crippen LogP contribution is 2.28. The minimum Gasteiger partial charge on any atom is -0.369 e. The predicted molar refractivity (Wildman–Crippen MR) is 129 cm³/mol. The van der Waals surface area contributed by atoms with E-state index < -0.39 is 9.84 Å². The number of rotatable bonds is 9. The Morgan fingerprint density at radius 2 is 1.68 bits per heavy atom. The second-order valence-corrected chi connectivity index (χ2v) is 10.7. The zero-order chi connectivity index (χ0) is 24.1. The molecule has 10 heteroatoms. The lowest BCUT2D eigenvalue weighted by Crippen LogP contribution is -2.48. The fraction of sp³-hybridized carbons (Fsp3) is 0.458. The molecule has 2 aromatic carbocycles. The van der Waals surface area contributed by atoms with Crippen LogP contribution in [0.15, 0.2) is 53.4 Å². The summed E-state index contributed by atoms with van der Waals surface area (Å²) in [5, 5.41) is 12.1. The van der Waals surface area contributed by atoms with Crippen LogP contribution in [0.25, 0.3) is 0 Å². The lowest BCUT2D eigenvalue weighted by atomic mass is 10.1. The van der Waals surface area contributed by atoms with E-state index in [-0.39, 0.29) is 22.6 Å². The molecule has 0 spiro atoms. The van der Waals surface area contributed by atoms with Crippen LogP contribution in [-0.2, 0) is 15.7 Å². The van der Waals surface area contributed by atoms with Gasteiger partial charge in [-0.1, -0.05) is 37.5 Å².